The van der Waals surface area contributed by atoms with Crippen molar-refractivity contribution in [1.82, 2.24) is 25.3 Å². The van der Waals surface area contributed by atoms with Crippen LogP contribution in [0, 0.1) is 0 Å². The van der Waals surface area contributed by atoms with Crippen LogP contribution in [0.2, 0.25) is 0 Å². The van der Waals surface area contributed by atoms with Crippen molar-refractivity contribution in [2.24, 2.45) is 0 Å². The first kappa shape index (κ1) is 22.4. The molecule has 9 nitrogen and oxygen atoms in total. The molecule has 0 saturated carbocycles. The lowest BCUT2D eigenvalue weighted by Gasteiger charge is -2.30. The number of carbonyl (C=O) groups is 2. The molecule has 0 bridgehead atoms. The number of amides is 2. The molecule has 3 heterocycles. The third-order valence-corrected chi connectivity index (χ3v) is 6.51. The number of alkyl carbamates (subject to hydrolysis) is 1. The number of ether oxygens (including phenoxy) is 2. The first-order chi connectivity index (χ1) is 16.7. The lowest BCUT2D eigenvalue weighted by Crippen LogP contribution is -2.50. The molecule has 9 heteroatoms. The van der Waals surface area contributed by atoms with Crippen molar-refractivity contribution in [2.75, 3.05) is 39.4 Å². The van der Waals surface area contributed by atoms with Crippen molar-refractivity contribution in [3.63, 3.8) is 0 Å². The molecule has 0 aliphatic carbocycles. The van der Waals surface area contributed by atoms with Crippen LogP contribution in [0.15, 0.2) is 48.7 Å². The van der Waals surface area contributed by atoms with Crippen LogP contribution in [0.25, 0.3) is 10.9 Å². The highest BCUT2D eigenvalue weighted by atomic mass is 16.5. The molecule has 34 heavy (non-hydrogen) atoms. The number of nitrogens with one attached hydrogen (secondary N) is 2. The summed E-state index contributed by atoms with van der Waals surface area (Å²) in [6.45, 7) is 5.11. The second kappa shape index (κ2) is 10.2. The predicted molar refractivity (Wildman–Crippen MR) is 126 cm³/mol. The average Bonchev–Trinajstić information content (AvgIpc) is 3.31. The summed E-state index contributed by atoms with van der Waals surface area (Å²) in [6, 6.07) is 12.8. The molecule has 1 atom stereocenters. The van der Waals surface area contributed by atoms with Crippen LogP contribution < -0.4 is 5.32 Å². The summed E-state index contributed by atoms with van der Waals surface area (Å²) >= 11 is 0. The lowest BCUT2D eigenvalue weighted by atomic mass is 9.99. The van der Waals surface area contributed by atoms with Gasteiger partial charge in [0, 0.05) is 44.5 Å². The summed E-state index contributed by atoms with van der Waals surface area (Å²) in [7, 11) is 0. The Morgan fingerprint density at radius 2 is 1.97 bits per heavy atom. The van der Waals surface area contributed by atoms with Crippen molar-refractivity contribution < 1.29 is 19.1 Å². The van der Waals surface area contributed by atoms with Gasteiger partial charge in [0.2, 0.25) is 5.91 Å². The zero-order chi connectivity index (χ0) is 23.3. The number of aromatic nitrogens is 2. The number of hydrogen-bond donors (Lipinski definition) is 2. The molecule has 1 saturated heterocycles. The van der Waals surface area contributed by atoms with Gasteiger partial charge in [-0.25, -0.2) is 4.79 Å². The summed E-state index contributed by atoms with van der Waals surface area (Å²) in [5, 5.41) is 11.0. The molecule has 178 valence electrons. The minimum absolute atomic E-state index is 0.0993. The number of aromatic amines is 1. The number of fused-ring (bicyclic) bond motifs is 3. The molecule has 1 fully saturated rings. The Morgan fingerprint density at radius 1 is 1.15 bits per heavy atom. The molecule has 3 aromatic rings. The van der Waals surface area contributed by atoms with Crippen LogP contribution in [-0.4, -0.2) is 77.4 Å². The van der Waals surface area contributed by atoms with E-state index in [0.29, 0.717) is 32.7 Å². The van der Waals surface area contributed by atoms with Crippen LogP contribution in [0.3, 0.4) is 0 Å². The van der Waals surface area contributed by atoms with Gasteiger partial charge in [-0.05, 0) is 22.8 Å². The Labute approximate surface area is 198 Å². The van der Waals surface area contributed by atoms with E-state index in [1.165, 1.54) is 0 Å². The molecule has 2 amide bonds. The number of hydrogen-bond acceptors (Lipinski definition) is 6. The van der Waals surface area contributed by atoms with Gasteiger partial charge in [0.05, 0.1) is 24.9 Å². The quantitative estimate of drug-likeness (QED) is 0.581. The van der Waals surface area contributed by atoms with Gasteiger partial charge in [0.15, 0.2) is 0 Å². The SMILES string of the molecule is O=C(NC1Cc2ccc3[nH]ncc3c2CN(CCN2CCOCC2)C1=O)OCc1ccccc1. The van der Waals surface area contributed by atoms with Gasteiger partial charge in [-0.15, -0.1) is 0 Å². The van der Waals surface area contributed by atoms with Gasteiger partial charge in [0.25, 0.3) is 0 Å². The van der Waals surface area contributed by atoms with E-state index in [9.17, 15) is 9.59 Å². The molecule has 1 aromatic heterocycles. The van der Waals surface area contributed by atoms with Gasteiger partial charge in [0.1, 0.15) is 12.6 Å². The topological polar surface area (TPSA) is 99.8 Å². The summed E-state index contributed by atoms with van der Waals surface area (Å²) in [5.41, 5.74) is 3.94. The Hall–Kier alpha value is -3.43. The van der Waals surface area contributed by atoms with Crippen molar-refractivity contribution in [3.8, 4) is 0 Å². The maximum absolute atomic E-state index is 13.6. The third-order valence-electron chi connectivity index (χ3n) is 6.51. The van der Waals surface area contributed by atoms with Gasteiger partial charge in [-0.2, -0.15) is 5.10 Å². The van der Waals surface area contributed by atoms with E-state index in [1.807, 2.05) is 47.4 Å². The molecule has 0 spiro atoms. The van der Waals surface area contributed by atoms with E-state index in [4.69, 9.17) is 9.47 Å². The molecule has 5 rings (SSSR count). The van der Waals surface area contributed by atoms with Gasteiger partial charge >= 0.3 is 6.09 Å². The van der Waals surface area contributed by atoms with Crippen molar-refractivity contribution in [2.45, 2.75) is 25.6 Å². The van der Waals surface area contributed by atoms with Gasteiger partial charge in [-0.1, -0.05) is 36.4 Å². The maximum atomic E-state index is 13.6. The molecule has 2 aliphatic heterocycles. The van der Waals surface area contributed by atoms with Crippen LogP contribution in [0.5, 0.6) is 0 Å². The largest absolute Gasteiger partial charge is 0.445 e. The lowest BCUT2D eigenvalue weighted by molar-refractivity contribution is -0.134. The highest BCUT2D eigenvalue weighted by molar-refractivity contribution is 5.89. The number of nitrogens with zero attached hydrogens (tertiary/aromatic N) is 3. The van der Waals surface area contributed by atoms with E-state index in [2.05, 4.69) is 20.4 Å². The predicted octanol–water partition coefficient (Wildman–Crippen LogP) is 2.07. The third kappa shape index (κ3) is 5.05. The molecule has 0 radical (unpaired) electrons. The number of morpholine rings is 1. The van der Waals surface area contributed by atoms with Crippen molar-refractivity contribution in [1.29, 1.82) is 0 Å². The molecular formula is C25H29N5O4. The second-order valence-electron chi connectivity index (χ2n) is 8.71. The van der Waals surface area contributed by atoms with E-state index in [1.54, 1.807) is 6.20 Å². The summed E-state index contributed by atoms with van der Waals surface area (Å²) in [6.07, 6.45) is 1.62. The minimum Gasteiger partial charge on any atom is -0.445 e. The average molecular weight is 464 g/mol. The summed E-state index contributed by atoms with van der Waals surface area (Å²) in [5.74, 6) is -0.0993. The minimum atomic E-state index is -0.696. The van der Waals surface area contributed by atoms with E-state index in [-0.39, 0.29) is 12.5 Å². The number of rotatable bonds is 6. The Balaban J connectivity index is 1.33. The van der Waals surface area contributed by atoms with Crippen LogP contribution >= 0.6 is 0 Å². The highest BCUT2D eigenvalue weighted by Gasteiger charge is 2.32. The van der Waals surface area contributed by atoms with Gasteiger partial charge in [-0.3, -0.25) is 14.8 Å². The Kier molecular flexibility index (Phi) is 6.73. The first-order valence-corrected chi connectivity index (χ1v) is 11.7. The standard InChI is InChI=1S/C25H29N5O4/c31-24-23(27-25(32)34-17-18-4-2-1-3-5-18)14-19-6-7-22-20(15-26-28-22)21(19)16-30(24)9-8-29-10-12-33-13-11-29/h1-7,15,23H,8-14,16-17H2,(H,26,28)(H,27,32). The molecule has 2 aliphatic rings. The van der Waals surface area contributed by atoms with Crippen molar-refractivity contribution >= 4 is 22.9 Å². The van der Waals surface area contributed by atoms with Crippen LogP contribution in [-0.2, 0) is 33.8 Å². The van der Waals surface area contributed by atoms with Crippen LogP contribution in [0.1, 0.15) is 16.7 Å². The molecule has 2 aromatic carbocycles. The van der Waals surface area contributed by atoms with Crippen molar-refractivity contribution in [3.05, 3.63) is 65.4 Å². The Bertz CT molecular complexity index is 1140. The highest BCUT2D eigenvalue weighted by Crippen LogP contribution is 2.27. The molecule has 1 unspecified atom stereocenters. The monoisotopic (exact) mass is 463 g/mol. The second-order valence-corrected chi connectivity index (χ2v) is 8.71. The number of H-pyrrole nitrogens is 1. The zero-order valence-corrected chi connectivity index (χ0v) is 19.0. The van der Waals surface area contributed by atoms with Gasteiger partial charge < -0.3 is 19.7 Å². The zero-order valence-electron chi connectivity index (χ0n) is 19.0. The summed E-state index contributed by atoms with van der Waals surface area (Å²) in [4.78, 5) is 30.3. The van der Waals surface area contributed by atoms with E-state index >= 15 is 0 Å². The normalized spacial score (nSPS) is 19.0. The summed E-state index contributed by atoms with van der Waals surface area (Å²) < 4.78 is 10.8. The Morgan fingerprint density at radius 3 is 2.79 bits per heavy atom. The van der Waals surface area contributed by atoms with E-state index in [0.717, 1.165) is 47.2 Å². The van der Waals surface area contributed by atoms with E-state index < -0.39 is 12.1 Å². The van der Waals surface area contributed by atoms with Crippen LogP contribution in [0.4, 0.5) is 4.79 Å². The number of carbonyl (C=O) groups excluding carboxylic acids is 2. The molecular weight excluding hydrogens is 434 g/mol. The number of benzene rings is 2. The first-order valence-electron chi connectivity index (χ1n) is 11.7. The fourth-order valence-electron chi connectivity index (χ4n) is 4.59. The smallest absolute Gasteiger partial charge is 0.408 e. The fourth-order valence-corrected chi connectivity index (χ4v) is 4.59. The molecule has 2 N–H and O–H groups in total. The maximum Gasteiger partial charge on any atom is 0.408 e. The fraction of sp³-hybridized carbons (Fsp3) is 0.400.